The van der Waals surface area contributed by atoms with Crippen molar-refractivity contribution in [1.82, 2.24) is 9.55 Å². The van der Waals surface area contributed by atoms with Crippen molar-refractivity contribution in [2.45, 2.75) is 52.5 Å². The fourth-order valence-electron chi connectivity index (χ4n) is 2.94. The Labute approximate surface area is 174 Å². The van der Waals surface area contributed by atoms with E-state index in [0.29, 0.717) is 18.8 Å². The molecule has 158 valence electrons. The van der Waals surface area contributed by atoms with Crippen LogP contribution in [0.25, 0.3) is 0 Å². The number of hydrogen-bond donors (Lipinski definition) is 3. The second-order valence-electron chi connectivity index (χ2n) is 6.79. The zero-order valence-electron chi connectivity index (χ0n) is 16.8. The van der Waals surface area contributed by atoms with Crippen molar-refractivity contribution in [2.75, 3.05) is 22.5 Å². The molecule has 0 saturated carbocycles. The van der Waals surface area contributed by atoms with Gasteiger partial charge in [-0.3, -0.25) is 14.3 Å². The Bertz CT molecular complexity index is 939. The van der Waals surface area contributed by atoms with E-state index >= 15 is 0 Å². The van der Waals surface area contributed by atoms with Crippen molar-refractivity contribution in [3.05, 3.63) is 50.9 Å². The standard InChI is InChI=1S/C20H28FN5O2S/c1-3-5-7-13-25(20(29)23-15-10-8-14(21)9-11-15)16-17(22)26(12-6-4-2)19(28)24-18(16)27/h8-11H,3-7,12-13,22H2,1-2H3,(H,23,29)(H,24,27,28). The van der Waals surface area contributed by atoms with E-state index in [2.05, 4.69) is 17.2 Å². The van der Waals surface area contributed by atoms with Crippen LogP contribution in [-0.4, -0.2) is 21.2 Å². The highest BCUT2D eigenvalue weighted by Gasteiger charge is 2.22. The first-order valence-corrected chi connectivity index (χ1v) is 10.3. The molecule has 9 heteroatoms. The van der Waals surface area contributed by atoms with Gasteiger partial charge in [0, 0.05) is 18.8 Å². The maximum Gasteiger partial charge on any atom is 0.330 e. The Morgan fingerprint density at radius 1 is 1.17 bits per heavy atom. The fourth-order valence-corrected chi connectivity index (χ4v) is 3.24. The van der Waals surface area contributed by atoms with Crippen molar-refractivity contribution >= 4 is 34.5 Å². The fraction of sp³-hybridized carbons (Fsp3) is 0.450. The number of unbranched alkanes of at least 4 members (excludes halogenated alkanes) is 3. The van der Waals surface area contributed by atoms with E-state index in [4.69, 9.17) is 18.0 Å². The molecule has 2 aromatic rings. The summed E-state index contributed by atoms with van der Waals surface area (Å²) in [5.41, 5.74) is 5.87. The number of aromatic amines is 1. The summed E-state index contributed by atoms with van der Waals surface area (Å²) >= 11 is 5.53. The molecule has 0 aliphatic rings. The molecule has 0 amide bonds. The molecule has 4 N–H and O–H groups in total. The van der Waals surface area contributed by atoms with Crippen LogP contribution in [0.4, 0.5) is 21.6 Å². The Balaban J connectivity index is 2.42. The van der Waals surface area contributed by atoms with Crippen molar-refractivity contribution in [3.8, 4) is 0 Å². The topological polar surface area (TPSA) is 96.2 Å². The zero-order valence-corrected chi connectivity index (χ0v) is 17.7. The summed E-state index contributed by atoms with van der Waals surface area (Å²) in [6.07, 6.45) is 4.36. The van der Waals surface area contributed by atoms with Gasteiger partial charge in [-0.15, -0.1) is 0 Å². The SMILES string of the molecule is CCCCCN(C(=S)Nc1ccc(F)cc1)c1c(N)n(CCCC)c(=O)[nH]c1=O. The van der Waals surface area contributed by atoms with Crippen LogP contribution in [-0.2, 0) is 6.54 Å². The van der Waals surface area contributed by atoms with E-state index in [1.807, 2.05) is 6.92 Å². The minimum atomic E-state index is -0.583. The van der Waals surface area contributed by atoms with Crippen LogP contribution < -0.4 is 27.2 Å². The van der Waals surface area contributed by atoms with Gasteiger partial charge in [-0.1, -0.05) is 33.1 Å². The second-order valence-corrected chi connectivity index (χ2v) is 7.18. The second kappa shape index (κ2) is 10.8. The predicted octanol–water partition coefficient (Wildman–Crippen LogP) is 3.45. The third-order valence-electron chi connectivity index (χ3n) is 4.55. The third-order valence-corrected chi connectivity index (χ3v) is 4.87. The molecule has 0 unspecified atom stereocenters. The number of H-pyrrole nitrogens is 1. The van der Waals surface area contributed by atoms with Crippen LogP contribution >= 0.6 is 12.2 Å². The number of nitrogens with one attached hydrogen (secondary N) is 2. The summed E-state index contributed by atoms with van der Waals surface area (Å²) in [5, 5.41) is 3.28. The summed E-state index contributed by atoms with van der Waals surface area (Å²) in [5.74, 6) is -0.267. The average Bonchev–Trinajstić information content (AvgIpc) is 2.68. The van der Waals surface area contributed by atoms with E-state index in [1.165, 1.54) is 16.7 Å². The van der Waals surface area contributed by atoms with Gasteiger partial charge in [0.1, 0.15) is 11.6 Å². The van der Waals surface area contributed by atoms with Gasteiger partial charge < -0.3 is 16.0 Å². The molecule has 2 rings (SSSR count). The lowest BCUT2D eigenvalue weighted by molar-refractivity contribution is 0.604. The molecule has 0 bridgehead atoms. The molecular weight excluding hydrogens is 393 g/mol. The van der Waals surface area contributed by atoms with E-state index in [1.54, 1.807) is 17.0 Å². The number of aromatic nitrogens is 2. The molecule has 0 aliphatic carbocycles. The summed E-state index contributed by atoms with van der Waals surface area (Å²) in [4.78, 5) is 28.8. The smallest absolute Gasteiger partial charge is 0.330 e. The number of thiocarbonyl (C=S) groups is 1. The Kier molecular flexibility index (Phi) is 8.38. The number of rotatable bonds is 9. The highest BCUT2D eigenvalue weighted by molar-refractivity contribution is 7.80. The number of hydrogen-bond acceptors (Lipinski definition) is 4. The third kappa shape index (κ3) is 5.90. The van der Waals surface area contributed by atoms with E-state index in [-0.39, 0.29) is 22.4 Å². The first-order valence-electron chi connectivity index (χ1n) is 9.85. The number of nitrogens with two attached hydrogens (primary N) is 1. The molecule has 0 radical (unpaired) electrons. The van der Waals surface area contributed by atoms with Crippen LogP contribution in [0.15, 0.2) is 33.9 Å². The Hall–Kier alpha value is -2.68. The van der Waals surface area contributed by atoms with Gasteiger partial charge in [-0.05, 0) is 49.3 Å². The van der Waals surface area contributed by atoms with Gasteiger partial charge in [-0.2, -0.15) is 0 Å². The van der Waals surface area contributed by atoms with Gasteiger partial charge in [0.15, 0.2) is 10.8 Å². The molecule has 0 atom stereocenters. The van der Waals surface area contributed by atoms with Crippen LogP contribution in [0.1, 0.15) is 46.0 Å². The molecule has 1 aromatic carbocycles. The molecule has 0 fully saturated rings. The summed E-state index contributed by atoms with van der Waals surface area (Å²) < 4.78 is 14.5. The molecule has 29 heavy (non-hydrogen) atoms. The molecule has 1 heterocycles. The van der Waals surface area contributed by atoms with Crippen LogP contribution in [0.5, 0.6) is 0 Å². The number of anilines is 3. The first-order chi connectivity index (χ1) is 13.9. The lowest BCUT2D eigenvalue weighted by Gasteiger charge is -2.27. The largest absolute Gasteiger partial charge is 0.383 e. The molecule has 0 aliphatic heterocycles. The number of benzene rings is 1. The highest BCUT2D eigenvalue weighted by Crippen LogP contribution is 2.20. The lowest BCUT2D eigenvalue weighted by Crippen LogP contribution is -2.43. The minimum absolute atomic E-state index is 0.0898. The van der Waals surface area contributed by atoms with Gasteiger partial charge in [-0.25, -0.2) is 9.18 Å². The highest BCUT2D eigenvalue weighted by atomic mass is 32.1. The van der Waals surface area contributed by atoms with Crippen LogP contribution in [0.3, 0.4) is 0 Å². The first kappa shape index (κ1) is 22.6. The number of nitrogens with zero attached hydrogens (tertiary/aromatic N) is 2. The maximum absolute atomic E-state index is 13.2. The predicted molar refractivity (Wildman–Crippen MR) is 120 cm³/mol. The molecular formula is C20H28FN5O2S. The molecule has 0 spiro atoms. The van der Waals surface area contributed by atoms with Crippen LogP contribution in [0.2, 0.25) is 0 Å². The summed E-state index contributed by atoms with van der Waals surface area (Å²) in [6.45, 7) is 4.95. The minimum Gasteiger partial charge on any atom is -0.383 e. The van der Waals surface area contributed by atoms with Crippen molar-refractivity contribution in [3.63, 3.8) is 0 Å². The van der Waals surface area contributed by atoms with E-state index in [9.17, 15) is 14.0 Å². The van der Waals surface area contributed by atoms with Gasteiger partial charge in [0.05, 0.1) is 0 Å². The Morgan fingerprint density at radius 2 is 1.83 bits per heavy atom. The van der Waals surface area contributed by atoms with E-state index < -0.39 is 11.2 Å². The summed E-state index contributed by atoms with van der Waals surface area (Å²) in [6, 6.07) is 5.75. The lowest BCUT2D eigenvalue weighted by atomic mass is 10.2. The number of nitrogen functional groups attached to an aromatic ring is 1. The maximum atomic E-state index is 13.2. The van der Waals surface area contributed by atoms with Crippen molar-refractivity contribution in [2.24, 2.45) is 0 Å². The monoisotopic (exact) mass is 421 g/mol. The molecule has 0 saturated heterocycles. The Morgan fingerprint density at radius 3 is 2.45 bits per heavy atom. The van der Waals surface area contributed by atoms with E-state index in [0.717, 1.165) is 32.1 Å². The van der Waals surface area contributed by atoms with Gasteiger partial charge in [0.2, 0.25) is 0 Å². The average molecular weight is 422 g/mol. The zero-order chi connectivity index (χ0) is 21.4. The normalized spacial score (nSPS) is 10.7. The van der Waals surface area contributed by atoms with Crippen molar-refractivity contribution < 1.29 is 4.39 Å². The van der Waals surface area contributed by atoms with Gasteiger partial charge >= 0.3 is 5.69 Å². The number of halogens is 1. The van der Waals surface area contributed by atoms with Crippen molar-refractivity contribution in [1.29, 1.82) is 0 Å². The quantitative estimate of drug-likeness (QED) is 0.424. The molecule has 7 nitrogen and oxygen atoms in total. The summed E-state index contributed by atoms with van der Waals surface area (Å²) in [7, 11) is 0. The van der Waals surface area contributed by atoms with Crippen LogP contribution in [0, 0.1) is 5.82 Å². The van der Waals surface area contributed by atoms with Gasteiger partial charge in [0.25, 0.3) is 5.56 Å². The molecule has 1 aromatic heterocycles.